The van der Waals surface area contributed by atoms with Gasteiger partial charge in [0, 0.05) is 12.3 Å². The van der Waals surface area contributed by atoms with Crippen LogP contribution in [0.15, 0.2) is 30.5 Å². The molecule has 100 valence electrons. The summed E-state index contributed by atoms with van der Waals surface area (Å²) in [6.45, 7) is 3.71. The smallest absolute Gasteiger partial charge is 0.143 e. The molecule has 1 aliphatic heterocycles. The Morgan fingerprint density at radius 2 is 2.37 bits per heavy atom. The maximum Gasteiger partial charge on any atom is 0.143 e. The fourth-order valence-corrected chi connectivity index (χ4v) is 2.36. The van der Waals surface area contributed by atoms with E-state index < -0.39 is 0 Å². The molecule has 0 saturated carbocycles. The highest BCUT2D eigenvalue weighted by atomic mass is 16.5. The van der Waals surface area contributed by atoms with Crippen molar-refractivity contribution in [1.82, 2.24) is 10.2 Å². The fraction of sp³-hybridized carbons (Fsp3) is 0.357. The lowest BCUT2D eigenvalue weighted by molar-refractivity contribution is 0.211. The molecule has 0 saturated heterocycles. The summed E-state index contributed by atoms with van der Waals surface area (Å²) in [5, 5.41) is 6.98. The lowest BCUT2D eigenvalue weighted by atomic mass is 10.2. The Morgan fingerprint density at radius 3 is 3.11 bits per heavy atom. The Labute approximate surface area is 112 Å². The summed E-state index contributed by atoms with van der Waals surface area (Å²) in [5.41, 5.74) is 2.15. The first-order valence-corrected chi connectivity index (χ1v) is 6.34. The minimum atomic E-state index is 0.170. The van der Waals surface area contributed by atoms with E-state index in [4.69, 9.17) is 9.47 Å². The summed E-state index contributed by atoms with van der Waals surface area (Å²) in [5.74, 6) is 1.74. The standard InChI is InChI=1S/C14H17N3O2/c1-10-8-17(9-11-5-6-15-16-11)13-7-12(18-2)3-4-14(13)19-10/h3-7,10H,8-9H2,1-2H3,(H,15,16). The molecule has 2 aromatic rings. The predicted molar refractivity (Wildman–Crippen MR) is 72.7 cm³/mol. The summed E-state index contributed by atoms with van der Waals surface area (Å²) in [6, 6.07) is 7.88. The van der Waals surface area contributed by atoms with Gasteiger partial charge in [-0.2, -0.15) is 5.10 Å². The number of rotatable bonds is 3. The molecule has 0 bridgehead atoms. The van der Waals surface area contributed by atoms with Crippen LogP contribution >= 0.6 is 0 Å². The number of H-pyrrole nitrogens is 1. The van der Waals surface area contributed by atoms with Gasteiger partial charge < -0.3 is 14.4 Å². The van der Waals surface area contributed by atoms with Gasteiger partial charge in [-0.1, -0.05) is 0 Å². The van der Waals surface area contributed by atoms with Gasteiger partial charge in [0.15, 0.2) is 0 Å². The molecule has 2 heterocycles. The van der Waals surface area contributed by atoms with Crippen molar-refractivity contribution in [3.8, 4) is 11.5 Å². The zero-order valence-corrected chi connectivity index (χ0v) is 11.1. The summed E-state index contributed by atoms with van der Waals surface area (Å²) in [6.07, 6.45) is 1.94. The number of ether oxygens (including phenoxy) is 2. The summed E-state index contributed by atoms with van der Waals surface area (Å²) < 4.78 is 11.1. The van der Waals surface area contributed by atoms with E-state index in [1.54, 1.807) is 13.3 Å². The third-order valence-electron chi connectivity index (χ3n) is 3.23. The number of methoxy groups -OCH3 is 1. The number of nitrogens with one attached hydrogen (secondary N) is 1. The second-order valence-electron chi connectivity index (χ2n) is 4.72. The van der Waals surface area contributed by atoms with Gasteiger partial charge in [0.2, 0.25) is 0 Å². The van der Waals surface area contributed by atoms with Crippen LogP contribution in [0, 0.1) is 0 Å². The van der Waals surface area contributed by atoms with Gasteiger partial charge in [0.1, 0.15) is 17.6 Å². The van der Waals surface area contributed by atoms with Crippen LogP contribution in [0.1, 0.15) is 12.6 Å². The quantitative estimate of drug-likeness (QED) is 0.918. The molecule has 1 aliphatic rings. The topological polar surface area (TPSA) is 50.4 Å². The van der Waals surface area contributed by atoms with Crippen molar-refractivity contribution in [2.75, 3.05) is 18.6 Å². The van der Waals surface area contributed by atoms with Crippen LogP contribution in [0.25, 0.3) is 0 Å². The van der Waals surface area contributed by atoms with Crippen molar-refractivity contribution in [3.05, 3.63) is 36.2 Å². The number of hydrogen-bond donors (Lipinski definition) is 1. The molecule has 0 amide bonds. The van der Waals surface area contributed by atoms with E-state index >= 15 is 0 Å². The van der Waals surface area contributed by atoms with Gasteiger partial charge in [-0.15, -0.1) is 0 Å². The van der Waals surface area contributed by atoms with E-state index in [2.05, 4.69) is 22.0 Å². The number of hydrogen-bond acceptors (Lipinski definition) is 4. The molecule has 0 spiro atoms. The van der Waals surface area contributed by atoms with E-state index in [0.29, 0.717) is 0 Å². The Balaban J connectivity index is 1.93. The van der Waals surface area contributed by atoms with Crippen LogP contribution in [-0.4, -0.2) is 30.0 Å². The summed E-state index contributed by atoms with van der Waals surface area (Å²) >= 11 is 0. The Morgan fingerprint density at radius 1 is 1.47 bits per heavy atom. The molecule has 0 aliphatic carbocycles. The van der Waals surface area contributed by atoms with Crippen LogP contribution in [0.3, 0.4) is 0 Å². The first kappa shape index (κ1) is 11.9. The van der Waals surface area contributed by atoms with E-state index in [1.807, 2.05) is 24.3 Å². The fourth-order valence-electron chi connectivity index (χ4n) is 2.36. The number of aromatic nitrogens is 2. The Kier molecular flexibility index (Phi) is 3.03. The molecular formula is C14H17N3O2. The second-order valence-corrected chi connectivity index (χ2v) is 4.72. The molecule has 1 aromatic carbocycles. The lowest BCUT2D eigenvalue weighted by Gasteiger charge is -2.34. The van der Waals surface area contributed by atoms with E-state index in [-0.39, 0.29) is 6.10 Å². The molecular weight excluding hydrogens is 242 g/mol. The van der Waals surface area contributed by atoms with Crippen LogP contribution in [-0.2, 0) is 6.54 Å². The van der Waals surface area contributed by atoms with Crippen LogP contribution in [0.5, 0.6) is 11.5 Å². The maximum absolute atomic E-state index is 5.86. The minimum absolute atomic E-state index is 0.170. The van der Waals surface area contributed by atoms with Crippen LogP contribution in [0.4, 0.5) is 5.69 Å². The molecule has 0 fully saturated rings. The highest BCUT2D eigenvalue weighted by Crippen LogP contribution is 2.37. The predicted octanol–water partition coefficient (Wildman–Crippen LogP) is 2.21. The molecule has 3 rings (SSSR count). The Hall–Kier alpha value is -2.17. The van der Waals surface area contributed by atoms with Crippen molar-refractivity contribution in [3.63, 3.8) is 0 Å². The molecule has 1 unspecified atom stereocenters. The third kappa shape index (κ3) is 2.36. The number of aromatic amines is 1. The number of anilines is 1. The van der Waals surface area contributed by atoms with Gasteiger partial charge in [-0.05, 0) is 25.1 Å². The van der Waals surface area contributed by atoms with Crippen LogP contribution in [0.2, 0.25) is 0 Å². The zero-order chi connectivity index (χ0) is 13.2. The zero-order valence-electron chi connectivity index (χ0n) is 11.1. The SMILES string of the molecule is COc1ccc2c(c1)N(Cc1ccn[nH]1)CC(C)O2. The van der Waals surface area contributed by atoms with Crippen molar-refractivity contribution in [2.24, 2.45) is 0 Å². The largest absolute Gasteiger partial charge is 0.497 e. The highest BCUT2D eigenvalue weighted by molar-refractivity contribution is 5.63. The molecule has 0 radical (unpaired) electrons. The van der Waals surface area contributed by atoms with E-state index in [0.717, 1.165) is 36.0 Å². The molecule has 1 aromatic heterocycles. The third-order valence-corrected chi connectivity index (χ3v) is 3.23. The van der Waals surface area contributed by atoms with E-state index in [9.17, 15) is 0 Å². The van der Waals surface area contributed by atoms with Gasteiger partial charge in [0.05, 0.1) is 31.6 Å². The molecule has 1 N–H and O–H groups in total. The number of nitrogens with zero attached hydrogens (tertiary/aromatic N) is 2. The molecule has 19 heavy (non-hydrogen) atoms. The number of fused-ring (bicyclic) bond motifs is 1. The lowest BCUT2D eigenvalue weighted by Crippen LogP contribution is -2.38. The van der Waals surface area contributed by atoms with Crippen molar-refractivity contribution in [2.45, 2.75) is 19.6 Å². The highest BCUT2D eigenvalue weighted by Gasteiger charge is 2.23. The first-order valence-electron chi connectivity index (χ1n) is 6.34. The van der Waals surface area contributed by atoms with Gasteiger partial charge in [-0.3, -0.25) is 5.10 Å². The molecule has 5 heteroatoms. The molecule has 1 atom stereocenters. The van der Waals surface area contributed by atoms with E-state index in [1.165, 1.54) is 0 Å². The van der Waals surface area contributed by atoms with Crippen LogP contribution < -0.4 is 14.4 Å². The van der Waals surface area contributed by atoms with Gasteiger partial charge >= 0.3 is 0 Å². The van der Waals surface area contributed by atoms with Crippen molar-refractivity contribution in [1.29, 1.82) is 0 Å². The average molecular weight is 259 g/mol. The maximum atomic E-state index is 5.86. The minimum Gasteiger partial charge on any atom is -0.497 e. The van der Waals surface area contributed by atoms with Gasteiger partial charge in [-0.25, -0.2) is 0 Å². The van der Waals surface area contributed by atoms with Crippen molar-refractivity contribution < 1.29 is 9.47 Å². The monoisotopic (exact) mass is 259 g/mol. The van der Waals surface area contributed by atoms with Crippen molar-refractivity contribution >= 4 is 5.69 Å². The average Bonchev–Trinajstić information content (AvgIpc) is 2.91. The first-order chi connectivity index (χ1) is 9.26. The normalized spacial score (nSPS) is 17.8. The Bertz CT molecular complexity index is 554. The summed E-state index contributed by atoms with van der Waals surface area (Å²) in [7, 11) is 1.67. The molecule has 5 nitrogen and oxygen atoms in total. The number of benzene rings is 1. The van der Waals surface area contributed by atoms with Gasteiger partial charge in [0.25, 0.3) is 0 Å². The summed E-state index contributed by atoms with van der Waals surface area (Å²) in [4.78, 5) is 2.28. The second kappa shape index (κ2) is 4.84.